The molecule has 1 aromatic heterocycles. The van der Waals surface area contributed by atoms with E-state index >= 15 is 0 Å². The maximum atomic E-state index is 12.8. The molecule has 0 unspecified atom stereocenters. The molecule has 162 valence electrons. The van der Waals surface area contributed by atoms with Crippen LogP contribution in [0.4, 0.5) is 11.4 Å². The quantitative estimate of drug-likeness (QED) is 0.572. The number of carbonyl (C=O) groups is 2. The van der Waals surface area contributed by atoms with Gasteiger partial charge in [-0.15, -0.1) is 0 Å². The molecule has 2 N–H and O–H groups in total. The molecule has 0 atom stereocenters. The largest absolute Gasteiger partial charge is 0.339 e. The van der Waals surface area contributed by atoms with Crippen LogP contribution in [-0.4, -0.2) is 48.3 Å². The molecule has 10 nitrogen and oxygen atoms in total. The Balaban J connectivity index is 1.71. The Kier molecular flexibility index (Phi) is 6.47. The highest BCUT2D eigenvalue weighted by atomic mass is 32.2. The first-order chi connectivity index (χ1) is 14.7. The van der Waals surface area contributed by atoms with Crippen molar-refractivity contribution in [1.29, 1.82) is 0 Å². The first kappa shape index (κ1) is 22.1. The van der Waals surface area contributed by atoms with Crippen LogP contribution in [-0.2, 0) is 19.6 Å². The molecule has 3 aromatic rings. The van der Waals surface area contributed by atoms with Gasteiger partial charge in [0.1, 0.15) is 0 Å². The molecule has 11 heteroatoms. The molecule has 0 spiro atoms. The van der Waals surface area contributed by atoms with Gasteiger partial charge >= 0.3 is 0 Å². The summed E-state index contributed by atoms with van der Waals surface area (Å²) in [6, 6.07) is 12.6. The molecule has 1 heterocycles. The predicted molar refractivity (Wildman–Crippen MR) is 114 cm³/mol. The van der Waals surface area contributed by atoms with E-state index in [1.165, 1.54) is 38.2 Å². The van der Waals surface area contributed by atoms with E-state index in [4.69, 9.17) is 4.52 Å². The van der Waals surface area contributed by atoms with Crippen molar-refractivity contribution in [2.75, 3.05) is 24.2 Å². The minimum Gasteiger partial charge on any atom is -0.339 e. The van der Waals surface area contributed by atoms with Gasteiger partial charge in [0, 0.05) is 32.1 Å². The first-order valence-corrected chi connectivity index (χ1v) is 10.6. The summed E-state index contributed by atoms with van der Waals surface area (Å²) in [4.78, 5) is 27.8. The monoisotopic (exact) mass is 443 g/mol. The van der Waals surface area contributed by atoms with Crippen LogP contribution in [0.15, 0.2) is 57.9 Å². The molecule has 31 heavy (non-hydrogen) atoms. The van der Waals surface area contributed by atoms with Crippen molar-refractivity contribution in [3.63, 3.8) is 0 Å². The Labute approximate surface area is 179 Å². The number of aryl methyl sites for hydroxylation is 1. The second kappa shape index (κ2) is 9.06. The van der Waals surface area contributed by atoms with E-state index in [2.05, 4.69) is 20.8 Å². The number of hydrogen-bond donors (Lipinski definition) is 2. The molecule has 0 saturated carbocycles. The molecule has 0 bridgehead atoms. The lowest BCUT2D eigenvalue weighted by molar-refractivity contribution is -0.116. The summed E-state index contributed by atoms with van der Waals surface area (Å²) in [5, 5.41) is 9.10. The van der Waals surface area contributed by atoms with E-state index in [0.29, 0.717) is 28.7 Å². The number of anilines is 2. The third kappa shape index (κ3) is 5.32. The van der Waals surface area contributed by atoms with Crippen molar-refractivity contribution in [3.8, 4) is 11.4 Å². The van der Waals surface area contributed by atoms with E-state index in [1.807, 2.05) is 0 Å². The van der Waals surface area contributed by atoms with Gasteiger partial charge in [0.25, 0.3) is 0 Å². The second-order valence-corrected chi connectivity index (χ2v) is 8.74. The fourth-order valence-corrected chi connectivity index (χ4v) is 3.89. The van der Waals surface area contributed by atoms with Crippen LogP contribution in [0.1, 0.15) is 12.8 Å². The summed E-state index contributed by atoms with van der Waals surface area (Å²) in [6.07, 6.45) is 0. The molecule has 0 aliphatic carbocycles. The van der Waals surface area contributed by atoms with Crippen LogP contribution in [0.2, 0.25) is 0 Å². The summed E-state index contributed by atoms with van der Waals surface area (Å²) >= 11 is 0. The van der Waals surface area contributed by atoms with Crippen molar-refractivity contribution in [2.45, 2.75) is 18.7 Å². The van der Waals surface area contributed by atoms with E-state index in [1.54, 1.807) is 31.2 Å². The number of rotatable bonds is 7. The summed E-state index contributed by atoms with van der Waals surface area (Å²) in [5.41, 5.74) is 1.45. The third-order valence-electron chi connectivity index (χ3n) is 4.22. The Bertz CT molecular complexity index is 1200. The molecule has 3 rings (SSSR count). The number of sulfonamides is 1. The molecular formula is C20H21N5O5S. The molecule has 0 saturated heterocycles. The summed E-state index contributed by atoms with van der Waals surface area (Å²) < 4.78 is 31.5. The van der Waals surface area contributed by atoms with E-state index in [9.17, 15) is 18.0 Å². The highest BCUT2D eigenvalue weighted by Crippen LogP contribution is 2.25. The van der Waals surface area contributed by atoms with Gasteiger partial charge in [0.2, 0.25) is 33.6 Å². The number of likely N-dealkylation sites (N-methyl/N-ethyl adjacent to an activating group) is 1. The van der Waals surface area contributed by atoms with Crippen LogP contribution in [0, 0.1) is 6.92 Å². The van der Waals surface area contributed by atoms with Crippen molar-refractivity contribution >= 4 is 33.2 Å². The average Bonchev–Trinajstić information content (AvgIpc) is 3.14. The van der Waals surface area contributed by atoms with Crippen molar-refractivity contribution in [3.05, 3.63) is 54.4 Å². The van der Waals surface area contributed by atoms with Gasteiger partial charge in [-0.25, -0.2) is 8.42 Å². The topological polar surface area (TPSA) is 134 Å². The van der Waals surface area contributed by atoms with Crippen LogP contribution >= 0.6 is 0 Å². The third-order valence-corrected chi connectivity index (χ3v) is 6.04. The fraction of sp³-hybridized carbons (Fsp3) is 0.200. The van der Waals surface area contributed by atoms with Gasteiger partial charge in [-0.3, -0.25) is 9.59 Å². The molecule has 0 fully saturated rings. The van der Waals surface area contributed by atoms with E-state index in [-0.39, 0.29) is 10.8 Å². The minimum absolute atomic E-state index is 0.000394. The zero-order valence-corrected chi connectivity index (χ0v) is 17.9. The minimum atomic E-state index is -3.91. The van der Waals surface area contributed by atoms with Crippen LogP contribution in [0.3, 0.4) is 0 Å². The molecule has 0 radical (unpaired) electrons. The van der Waals surface area contributed by atoms with Gasteiger partial charge in [-0.2, -0.15) is 9.29 Å². The highest BCUT2D eigenvalue weighted by Gasteiger charge is 2.23. The van der Waals surface area contributed by atoms with Crippen LogP contribution in [0.25, 0.3) is 11.4 Å². The number of para-hydroxylation sites is 1. The number of amides is 2. The lowest BCUT2D eigenvalue weighted by atomic mass is 10.1. The number of hydrogen-bond acceptors (Lipinski definition) is 7. The molecular weight excluding hydrogens is 422 g/mol. The van der Waals surface area contributed by atoms with Gasteiger partial charge in [-0.05, 0) is 36.4 Å². The Morgan fingerprint density at radius 2 is 1.74 bits per heavy atom. The number of nitrogens with one attached hydrogen (secondary N) is 2. The number of benzene rings is 2. The Hall–Kier alpha value is -3.57. The second-order valence-electron chi connectivity index (χ2n) is 6.70. The predicted octanol–water partition coefficient (Wildman–Crippen LogP) is 2.26. The van der Waals surface area contributed by atoms with Crippen LogP contribution < -0.4 is 10.6 Å². The Morgan fingerprint density at radius 1 is 1.06 bits per heavy atom. The van der Waals surface area contributed by atoms with E-state index in [0.717, 1.165) is 4.31 Å². The molecule has 0 aliphatic heterocycles. The molecule has 2 aromatic carbocycles. The maximum Gasteiger partial charge on any atom is 0.243 e. The highest BCUT2D eigenvalue weighted by molar-refractivity contribution is 7.89. The van der Waals surface area contributed by atoms with Gasteiger partial charge in [0.05, 0.1) is 17.1 Å². The summed E-state index contributed by atoms with van der Waals surface area (Å²) in [6.45, 7) is 2.60. The summed E-state index contributed by atoms with van der Waals surface area (Å²) in [7, 11) is -2.60. The number of aromatic nitrogens is 2. The standard InChI is InChI=1S/C20H21N5O5S/c1-13(26)21-15-8-10-16(11-9-15)31(28,29)25(3)12-19(27)23-18-7-5-4-6-17(18)20-22-14(2)30-24-20/h4-11H,12H2,1-3H3,(H,21,26)(H,23,27). The van der Waals surface area contributed by atoms with Gasteiger partial charge in [0.15, 0.2) is 0 Å². The van der Waals surface area contributed by atoms with Crippen molar-refractivity contribution in [2.24, 2.45) is 0 Å². The normalized spacial score (nSPS) is 11.4. The lowest BCUT2D eigenvalue weighted by Gasteiger charge is -2.17. The maximum absolute atomic E-state index is 12.8. The Morgan fingerprint density at radius 3 is 2.35 bits per heavy atom. The molecule has 2 amide bonds. The zero-order chi connectivity index (χ0) is 22.6. The van der Waals surface area contributed by atoms with Gasteiger partial charge < -0.3 is 15.2 Å². The lowest BCUT2D eigenvalue weighted by Crippen LogP contribution is -2.35. The van der Waals surface area contributed by atoms with Crippen LogP contribution in [0.5, 0.6) is 0 Å². The SMILES string of the molecule is CC(=O)Nc1ccc(S(=O)(=O)N(C)CC(=O)Nc2ccccc2-c2noc(C)n2)cc1. The number of carbonyl (C=O) groups excluding carboxylic acids is 2. The fourth-order valence-electron chi connectivity index (χ4n) is 2.77. The zero-order valence-electron chi connectivity index (χ0n) is 17.1. The van der Waals surface area contributed by atoms with E-state index < -0.39 is 22.5 Å². The summed E-state index contributed by atoms with van der Waals surface area (Å²) in [5.74, 6) is -0.102. The average molecular weight is 443 g/mol. The van der Waals surface area contributed by atoms with Gasteiger partial charge in [-0.1, -0.05) is 17.3 Å². The van der Waals surface area contributed by atoms with Crippen molar-refractivity contribution < 1.29 is 22.5 Å². The van der Waals surface area contributed by atoms with Crippen molar-refractivity contribution in [1.82, 2.24) is 14.4 Å². The number of nitrogens with zero attached hydrogens (tertiary/aromatic N) is 3. The molecule has 0 aliphatic rings. The smallest absolute Gasteiger partial charge is 0.243 e. The first-order valence-electron chi connectivity index (χ1n) is 9.20.